The van der Waals surface area contributed by atoms with Crippen molar-refractivity contribution in [1.29, 1.82) is 0 Å². The highest BCUT2D eigenvalue weighted by Gasteiger charge is 2.24. The second-order valence-electron chi connectivity index (χ2n) is 5.34. The molecule has 1 aliphatic heterocycles. The van der Waals surface area contributed by atoms with Crippen molar-refractivity contribution < 1.29 is 13.2 Å². The van der Waals surface area contributed by atoms with E-state index in [-0.39, 0.29) is 11.1 Å². The van der Waals surface area contributed by atoms with Crippen molar-refractivity contribution in [3.63, 3.8) is 0 Å². The van der Waals surface area contributed by atoms with Gasteiger partial charge in [0.25, 0.3) is 10.0 Å². The van der Waals surface area contributed by atoms with Crippen molar-refractivity contribution in [2.45, 2.75) is 44.3 Å². The van der Waals surface area contributed by atoms with Crippen molar-refractivity contribution in [1.82, 2.24) is 14.3 Å². The third-order valence-electron chi connectivity index (χ3n) is 2.94. The van der Waals surface area contributed by atoms with Crippen LogP contribution in [0.5, 0.6) is 0 Å². The van der Waals surface area contributed by atoms with Crippen LogP contribution in [0.2, 0.25) is 0 Å². The Morgan fingerprint density at radius 2 is 2.37 bits per heavy atom. The van der Waals surface area contributed by atoms with Crippen LogP contribution < -0.4 is 4.72 Å². The second-order valence-corrected chi connectivity index (χ2v) is 7.00. The maximum absolute atomic E-state index is 12.2. The van der Waals surface area contributed by atoms with Gasteiger partial charge in [-0.3, -0.25) is 0 Å². The van der Waals surface area contributed by atoms with Crippen LogP contribution in [-0.2, 0) is 21.3 Å². The Morgan fingerprint density at radius 3 is 3.00 bits per heavy atom. The van der Waals surface area contributed by atoms with Gasteiger partial charge in [0, 0.05) is 25.4 Å². The smallest absolute Gasteiger partial charge is 0.259 e. The molecule has 0 saturated carbocycles. The summed E-state index contributed by atoms with van der Waals surface area (Å²) < 4.78 is 34.0. The Bertz CT molecular complexity index is 504. The van der Waals surface area contributed by atoms with Gasteiger partial charge in [-0.15, -0.1) is 0 Å². The second kappa shape index (κ2) is 6.02. The third kappa shape index (κ3) is 4.02. The largest absolute Gasteiger partial charge is 0.380 e. The van der Waals surface area contributed by atoms with Crippen molar-refractivity contribution >= 4 is 10.0 Å². The molecule has 1 aliphatic rings. The number of hydrogen-bond donors (Lipinski definition) is 1. The molecule has 6 nitrogen and oxygen atoms in total. The Balaban J connectivity index is 2.04. The van der Waals surface area contributed by atoms with Gasteiger partial charge in [-0.05, 0) is 18.8 Å². The van der Waals surface area contributed by atoms with Crippen LogP contribution in [0.15, 0.2) is 17.6 Å². The Kier molecular flexibility index (Phi) is 4.59. The monoisotopic (exact) mass is 287 g/mol. The van der Waals surface area contributed by atoms with Crippen molar-refractivity contribution in [2.24, 2.45) is 5.92 Å². The van der Waals surface area contributed by atoms with Gasteiger partial charge in [0.1, 0.15) is 0 Å². The Labute approximate surface area is 114 Å². The predicted octanol–water partition coefficient (Wildman–Crippen LogP) is 0.996. The van der Waals surface area contributed by atoms with Crippen LogP contribution >= 0.6 is 0 Å². The summed E-state index contributed by atoms with van der Waals surface area (Å²) in [5, 5.41) is 0.0822. The van der Waals surface area contributed by atoms with Crippen LogP contribution in [0.3, 0.4) is 0 Å². The summed E-state index contributed by atoms with van der Waals surface area (Å²) in [5.41, 5.74) is 0. The zero-order valence-electron chi connectivity index (χ0n) is 11.4. The molecule has 108 valence electrons. The van der Waals surface area contributed by atoms with Crippen LogP contribution in [-0.4, -0.2) is 37.2 Å². The third-order valence-corrected chi connectivity index (χ3v) is 4.35. The molecule has 19 heavy (non-hydrogen) atoms. The summed E-state index contributed by atoms with van der Waals surface area (Å²) in [5.74, 6) is 0.449. The highest BCUT2D eigenvalue weighted by Crippen LogP contribution is 2.12. The Hall–Kier alpha value is -0.920. The van der Waals surface area contributed by atoms with E-state index in [0.717, 1.165) is 19.4 Å². The van der Waals surface area contributed by atoms with E-state index < -0.39 is 10.0 Å². The van der Waals surface area contributed by atoms with Gasteiger partial charge < -0.3 is 9.30 Å². The van der Waals surface area contributed by atoms with Gasteiger partial charge in [0.05, 0.1) is 12.9 Å². The lowest BCUT2D eigenvalue weighted by molar-refractivity contribution is 0.0774. The average Bonchev–Trinajstić information content (AvgIpc) is 2.78. The molecule has 2 heterocycles. The van der Waals surface area contributed by atoms with Crippen LogP contribution in [0.4, 0.5) is 0 Å². The minimum Gasteiger partial charge on any atom is -0.380 e. The SMILES string of the molecule is CC(C)Cn1cnc(S(=O)(=O)NC2CCCOC2)c1. The van der Waals surface area contributed by atoms with Crippen molar-refractivity contribution in [3.05, 3.63) is 12.5 Å². The van der Waals surface area contributed by atoms with Gasteiger partial charge in [-0.25, -0.2) is 18.1 Å². The lowest BCUT2D eigenvalue weighted by Gasteiger charge is -2.22. The number of rotatable bonds is 5. The standard InChI is InChI=1S/C12H21N3O3S/c1-10(2)6-15-7-12(13-9-15)19(16,17)14-11-4-3-5-18-8-11/h7,9-11,14H,3-6,8H2,1-2H3. The topological polar surface area (TPSA) is 73.2 Å². The fraction of sp³-hybridized carbons (Fsp3) is 0.750. The van der Waals surface area contributed by atoms with E-state index in [4.69, 9.17) is 4.74 Å². The summed E-state index contributed by atoms with van der Waals surface area (Å²) in [4.78, 5) is 3.98. The number of ether oxygens (including phenoxy) is 1. The van der Waals surface area contributed by atoms with Gasteiger partial charge >= 0.3 is 0 Å². The van der Waals surface area contributed by atoms with Crippen LogP contribution in [0.25, 0.3) is 0 Å². The fourth-order valence-electron chi connectivity index (χ4n) is 2.11. The maximum atomic E-state index is 12.2. The first-order valence-corrected chi connectivity index (χ1v) is 8.07. The Morgan fingerprint density at radius 1 is 1.58 bits per heavy atom. The van der Waals surface area contributed by atoms with E-state index in [1.165, 1.54) is 0 Å². The molecule has 0 aliphatic carbocycles. The summed E-state index contributed by atoms with van der Waals surface area (Å²) in [6, 6.07) is -0.144. The average molecular weight is 287 g/mol. The summed E-state index contributed by atoms with van der Waals surface area (Å²) in [7, 11) is -3.54. The molecule has 0 aromatic carbocycles. The molecule has 1 aromatic heterocycles. The molecule has 1 aromatic rings. The number of aromatic nitrogens is 2. The fourth-order valence-corrected chi connectivity index (χ4v) is 3.32. The molecule has 1 N–H and O–H groups in total. The molecule has 0 spiro atoms. The molecule has 0 bridgehead atoms. The molecular formula is C12H21N3O3S. The zero-order chi connectivity index (χ0) is 13.9. The van der Waals surface area contributed by atoms with Gasteiger partial charge in [0.15, 0.2) is 5.03 Å². The van der Waals surface area contributed by atoms with E-state index in [1.54, 1.807) is 17.1 Å². The zero-order valence-corrected chi connectivity index (χ0v) is 12.2. The molecular weight excluding hydrogens is 266 g/mol. The van der Waals surface area contributed by atoms with Gasteiger partial charge in [-0.1, -0.05) is 13.8 Å². The first-order valence-electron chi connectivity index (χ1n) is 6.59. The van der Waals surface area contributed by atoms with Crippen LogP contribution in [0.1, 0.15) is 26.7 Å². The minimum absolute atomic E-state index is 0.0822. The molecule has 1 atom stereocenters. The van der Waals surface area contributed by atoms with Gasteiger partial charge in [0.2, 0.25) is 0 Å². The van der Waals surface area contributed by atoms with E-state index in [1.807, 2.05) is 0 Å². The first kappa shape index (κ1) is 14.5. The molecule has 0 radical (unpaired) electrons. The number of hydrogen-bond acceptors (Lipinski definition) is 4. The van der Waals surface area contributed by atoms with Gasteiger partial charge in [-0.2, -0.15) is 0 Å². The highest BCUT2D eigenvalue weighted by molar-refractivity contribution is 7.89. The molecule has 2 rings (SSSR count). The lowest BCUT2D eigenvalue weighted by atomic mass is 10.1. The summed E-state index contributed by atoms with van der Waals surface area (Å²) >= 11 is 0. The van der Waals surface area contributed by atoms with Crippen molar-refractivity contribution in [3.8, 4) is 0 Å². The highest BCUT2D eigenvalue weighted by atomic mass is 32.2. The van der Waals surface area contributed by atoms with E-state index >= 15 is 0 Å². The van der Waals surface area contributed by atoms with E-state index in [9.17, 15) is 8.42 Å². The van der Waals surface area contributed by atoms with E-state index in [0.29, 0.717) is 19.1 Å². The molecule has 1 unspecified atom stereocenters. The normalized spacial score (nSPS) is 20.9. The summed E-state index contributed by atoms with van der Waals surface area (Å²) in [6.07, 6.45) is 4.83. The van der Waals surface area contributed by atoms with E-state index in [2.05, 4.69) is 23.6 Å². The number of nitrogens with one attached hydrogen (secondary N) is 1. The number of nitrogens with zero attached hydrogens (tertiary/aromatic N) is 2. The molecule has 1 fully saturated rings. The van der Waals surface area contributed by atoms with Crippen LogP contribution in [0, 0.1) is 5.92 Å². The maximum Gasteiger partial charge on any atom is 0.259 e. The number of imidazole rings is 1. The molecule has 1 saturated heterocycles. The quantitative estimate of drug-likeness (QED) is 0.876. The van der Waals surface area contributed by atoms with Crippen molar-refractivity contribution in [2.75, 3.05) is 13.2 Å². The predicted molar refractivity (Wildman–Crippen MR) is 71.2 cm³/mol. The first-order chi connectivity index (χ1) is 8.97. The molecule has 0 amide bonds. The number of sulfonamides is 1. The molecule has 7 heteroatoms. The minimum atomic E-state index is -3.54. The summed E-state index contributed by atoms with van der Waals surface area (Å²) in [6.45, 7) is 6.06. The lowest BCUT2D eigenvalue weighted by Crippen LogP contribution is -2.40.